The van der Waals surface area contributed by atoms with Crippen molar-refractivity contribution >= 4 is 28.4 Å². The summed E-state index contributed by atoms with van der Waals surface area (Å²) in [5.74, 6) is -0.0387. The lowest BCUT2D eigenvalue weighted by Crippen LogP contribution is -2.21. The van der Waals surface area contributed by atoms with E-state index in [1.54, 1.807) is 24.9 Å². The third-order valence-corrected chi connectivity index (χ3v) is 6.85. The van der Waals surface area contributed by atoms with Gasteiger partial charge in [0, 0.05) is 37.9 Å². The lowest BCUT2D eigenvalue weighted by Gasteiger charge is -2.23. The first-order valence-electron chi connectivity index (χ1n) is 11.9. The second-order valence-corrected chi connectivity index (χ2v) is 9.26. The highest BCUT2D eigenvalue weighted by molar-refractivity contribution is 5.98. The Morgan fingerprint density at radius 1 is 1.14 bits per heavy atom. The Morgan fingerprint density at radius 2 is 1.94 bits per heavy atom. The van der Waals surface area contributed by atoms with Crippen molar-refractivity contribution in [2.24, 2.45) is 12.8 Å². The molecule has 4 aromatic rings. The van der Waals surface area contributed by atoms with Crippen LogP contribution in [0.2, 0.25) is 0 Å². The SMILES string of the molecule is Cc1c(Nc2nc(C3CC3)c(-c3cncc4c3ncn4C)nc2C(N)=O)cnn1C1CCOCC1. The minimum absolute atomic E-state index is 0.0792. The van der Waals surface area contributed by atoms with Gasteiger partial charge in [-0.2, -0.15) is 5.10 Å². The molecule has 3 N–H and O–H groups in total. The van der Waals surface area contributed by atoms with E-state index in [9.17, 15) is 4.79 Å². The van der Waals surface area contributed by atoms with E-state index in [1.807, 2.05) is 23.2 Å². The van der Waals surface area contributed by atoms with Crippen molar-refractivity contribution in [3.8, 4) is 11.3 Å². The molecule has 1 amide bonds. The Balaban J connectivity index is 1.43. The number of rotatable bonds is 6. The number of imidazole rings is 1. The van der Waals surface area contributed by atoms with Crippen LogP contribution in [0.25, 0.3) is 22.3 Å². The van der Waals surface area contributed by atoms with E-state index in [0.29, 0.717) is 11.5 Å². The third kappa shape index (κ3) is 3.81. The molecule has 1 aliphatic carbocycles. The maximum absolute atomic E-state index is 12.5. The van der Waals surface area contributed by atoms with Crippen molar-refractivity contribution in [2.45, 2.75) is 44.6 Å². The van der Waals surface area contributed by atoms with Crippen LogP contribution in [0.15, 0.2) is 24.9 Å². The number of nitrogens with one attached hydrogen (secondary N) is 1. The molecule has 5 heterocycles. The number of pyridine rings is 1. The summed E-state index contributed by atoms with van der Waals surface area (Å²) in [6.45, 7) is 3.47. The predicted molar refractivity (Wildman–Crippen MR) is 129 cm³/mol. The molecule has 2 aliphatic rings. The molecule has 4 aromatic heterocycles. The molecule has 0 bridgehead atoms. The second kappa shape index (κ2) is 8.42. The Labute approximate surface area is 201 Å². The summed E-state index contributed by atoms with van der Waals surface area (Å²) in [7, 11) is 1.92. The molecule has 11 nitrogen and oxygen atoms in total. The summed E-state index contributed by atoms with van der Waals surface area (Å²) in [6, 6.07) is 0.289. The van der Waals surface area contributed by atoms with Crippen molar-refractivity contribution < 1.29 is 9.53 Å². The van der Waals surface area contributed by atoms with Gasteiger partial charge in [-0.05, 0) is 32.6 Å². The van der Waals surface area contributed by atoms with E-state index < -0.39 is 5.91 Å². The molecule has 180 valence electrons. The molecule has 0 aromatic carbocycles. The lowest BCUT2D eigenvalue weighted by atomic mass is 10.1. The Kier molecular flexibility index (Phi) is 5.21. The predicted octanol–water partition coefficient (Wildman–Crippen LogP) is 3.00. The van der Waals surface area contributed by atoms with Gasteiger partial charge in [0.25, 0.3) is 5.91 Å². The average Bonchev–Trinajstić information content (AvgIpc) is 3.56. The van der Waals surface area contributed by atoms with E-state index in [4.69, 9.17) is 20.4 Å². The van der Waals surface area contributed by atoms with Crippen molar-refractivity contribution in [3.63, 3.8) is 0 Å². The Hall–Kier alpha value is -3.86. The van der Waals surface area contributed by atoms with E-state index in [0.717, 1.165) is 72.6 Å². The maximum atomic E-state index is 12.5. The van der Waals surface area contributed by atoms with Crippen molar-refractivity contribution in [3.05, 3.63) is 42.0 Å². The monoisotopic (exact) mass is 473 g/mol. The normalized spacial score (nSPS) is 16.6. The topological polar surface area (TPSA) is 139 Å². The number of aryl methyl sites for hydroxylation is 1. The number of aromatic nitrogens is 7. The van der Waals surface area contributed by atoms with Gasteiger partial charge in [0.2, 0.25) is 0 Å². The van der Waals surface area contributed by atoms with E-state index in [2.05, 4.69) is 20.4 Å². The van der Waals surface area contributed by atoms with Crippen molar-refractivity contribution in [2.75, 3.05) is 18.5 Å². The number of carbonyl (C=O) groups excluding carboxylic acids is 1. The van der Waals surface area contributed by atoms with Gasteiger partial charge in [-0.25, -0.2) is 15.0 Å². The van der Waals surface area contributed by atoms with Crippen LogP contribution in [0.3, 0.4) is 0 Å². The molecule has 6 rings (SSSR count). The van der Waals surface area contributed by atoms with Crippen LogP contribution in [-0.4, -0.2) is 53.4 Å². The largest absolute Gasteiger partial charge is 0.381 e. The number of nitrogens with zero attached hydrogens (tertiary/aromatic N) is 7. The van der Waals surface area contributed by atoms with Crippen LogP contribution in [0, 0.1) is 6.92 Å². The average molecular weight is 474 g/mol. The highest BCUT2D eigenvalue weighted by Gasteiger charge is 2.32. The van der Waals surface area contributed by atoms with Gasteiger partial charge < -0.3 is 20.4 Å². The number of amides is 1. The second-order valence-electron chi connectivity index (χ2n) is 9.26. The van der Waals surface area contributed by atoms with Crippen molar-refractivity contribution in [1.29, 1.82) is 0 Å². The molecule has 1 saturated heterocycles. The Morgan fingerprint density at radius 3 is 2.69 bits per heavy atom. The van der Waals surface area contributed by atoms with E-state index in [-0.39, 0.29) is 17.7 Å². The standard InChI is InChI=1S/C24H27N9O2/c1-13-17(10-28-33(13)15-5-7-35-8-6-15)29-24-22(23(25)34)30-21(19(31-24)14-3-4-14)16-9-26-11-18-20(16)27-12-32(18)2/h9-12,14-15H,3-8H2,1-2H3,(H2,25,34)(H,29,31). The smallest absolute Gasteiger partial charge is 0.271 e. The number of ether oxygens (including phenoxy) is 1. The zero-order valence-electron chi connectivity index (χ0n) is 19.7. The Bertz CT molecular complexity index is 1430. The summed E-state index contributed by atoms with van der Waals surface area (Å²) in [5, 5.41) is 7.90. The number of anilines is 2. The quantitative estimate of drug-likeness (QED) is 0.436. The molecule has 11 heteroatoms. The first kappa shape index (κ1) is 21.7. The van der Waals surface area contributed by atoms with Gasteiger partial charge in [0.15, 0.2) is 11.5 Å². The molecule has 0 radical (unpaired) electrons. The van der Waals surface area contributed by atoms with E-state index in [1.165, 1.54) is 0 Å². The van der Waals surface area contributed by atoms with Crippen LogP contribution in [0.4, 0.5) is 11.5 Å². The molecule has 0 atom stereocenters. The minimum atomic E-state index is -0.653. The summed E-state index contributed by atoms with van der Waals surface area (Å²) in [5.41, 5.74) is 11.4. The van der Waals surface area contributed by atoms with Crippen LogP contribution >= 0.6 is 0 Å². The number of primary amides is 1. The molecule has 2 fully saturated rings. The summed E-state index contributed by atoms with van der Waals surface area (Å²) in [6.07, 6.45) is 10.9. The molecule has 1 saturated carbocycles. The number of carbonyl (C=O) groups is 1. The molecule has 1 aliphatic heterocycles. The first-order chi connectivity index (χ1) is 17.0. The number of fused-ring (bicyclic) bond motifs is 1. The number of nitrogens with two attached hydrogens (primary N) is 1. The summed E-state index contributed by atoms with van der Waals surface area (Å²) >= 11 is 0. The van der Waals surface area contributed by atoms with E-state index >= 15 is 0 Å². The summed E-state index contributed by atoms with van der Waals surface area (Å²) in [4.78, 5) is 31.1. The first-order valence-corrected chi connectivity index (χ1v) is 11.9. The molecule has 35 heavy (non-hydrogen) atoms. The van der Waals surface area contributed by atoms with Gasteiger partial charge >= 0.3 is 0 Å². The molecular weight excluding hydrogens is 446 g/mol. The minimum Gasteiger partial charge on any atom is -0.381 e. The van der Waals surface area contributed by atoms with Gasteiger partial charge in [-0.1, -0.05) is 0 Å². The van der Waals surface area contributed by atoms with Crippen LogP contribution in [0.5, 0.6) is 0 Å². The molecular formula is C24H27N9O2. The summed E-state index contributed by atoms with van der Waals surface area (Å²) < 4.78 is 9.41. The molecule has 0 unspecified atom stereocenters. The van der Waals surface area contributed by atoms with Crippen molar-refractivity contribution in [1.82, 2.24) is 34.3 Å². The fourth-order valence-corrected chi connectivity index (χ4v) is 4.73. The number of hydrogen-bond acceptors (Lipinski definition) is 8. The third-order valence-electron chi connectivity index (χ3n) is 6.85. The van der Waals surface area contributed by atoms with Gasteiger partial charge in [0.05, 0.1) is 53.0 Å². The van der Waals surface area contributed by atoms with Crippen LogP contribution in [0.1, 0.15) is 59.5 Å². The number of hydrogen-bond donors (Lipinski definition) is 2. The molecule has 0 spiro atoms. The maximum Gasteiger partial charge on any atom is 0.271 e. The zero-order valence-corrected chi connectivity index (χ0v) is 19.7. The van der Waals surface area contributed by atoms with Crippen LogP contribution in [-0.2, 0) is 11.8 Å². The lowest BCUT2D eigenvalue weighted by molar-refractivity contribution is 0.0657. The van der Waals surface area contributed by atoms with Gasteiger partial charge in [0.1, 0.15) is 5.52 Å². The van der Waals surface area contributed by atoms with Crippen LogP contribution < -0.4 is 11.1 Å². The zero-order chi connectivity index (χ0) is 24.1. The fourth-order valence-electron chi connectivity index (χ4n) is 4.73. The van der Waals surface area contributed by atoms with Gasteiger partial charge in [-0.3, -0.25) is 14.5 Å². The highest BCUT2D eigenvalue weighted by atomic mass is 16.5. The van der Waals surface area contributed by atoms with Gasteiger partial charge in [-0.15, -0.1) is 0 Å². The fraction of sp³-hybridized carbons (Fsp3) is 0.417. The highest BCUT2D eigenvalue weighted by Crippen LogP contribution is 2.44.